The van der Waals surface area contributed by atoms with E-state index in [0.717, 1.165) is 51.4 Å². The second kappa shape index (κ2) is 19.2. The lowest BCUT2D eigenvalue weighted by Gasteiger charge is -2.13. The maximum absolute atomic E-state index is 11.6. The molecule has 0 aliphatic carbocycles. The van der Waals surface area contributed by atoms with E-state index in [1.807, 2.05) is 0 Å². The zero-order valence-electron chi connectivity index (χ0n) is 17.8. The number of hydrogen-bond donors (Lipinski definition) is 2. The van der Waals surface area contributed by atoms with Crippen LogP contribution in [0.4, 0.5) is 0 Å². The van der Waals surface area contributed by atoms with Gasteiger partial charge in [-0.25, -0.2) is 0 Å². The van der Waals surface area contributed by atoms with Crippen LogP contribution in [-0.4, -0.2) is 29.9 Å². The summed E-state index contributed by atoms with van der Waals surface area (Å²) in [6.07, 6.45) is 20.9. The van der Waals surface area contributed by atoms with Gasteiger partial charge in [-0.1, -0.05) is 110 Å². The van der Waals surface area contributed by atoms with Gasteiger partial charge >= 0.3 is 0 Å². The highest BCUT2D eigenvalue weighted by molar-refractivity contribution is 7.86. The topological polar surface area (TPSA) is 74.6 Å². The van der Waals surface area contributed by atoms with Crippen molar-refractivity contribution in [2.75, 3.05) is 6.61 Å². The van der Waals surface area contributed by atoms with Gasteiger partial charge in [0.1, 0.15) is 0 Å². The molecule has 0 amide bonds. The van der Waals surface area contributed by atoms with Gasteiger partial charge in [0.05, 0.1) is 5.25 Å². The average Bonchev–Trinajstić information content (AvgIpc) is 2.62. The molecule has 0 aromatic carbocycles. The Morgan fingerprint density at radius 2 is 0.926 bits per heavy atom. The summed E-state index contributed by atoms with van der Waals surface area (Å²) in [5.41, 5.74) is 0. The van der Waals surface area contributed by atoms with Crippen molar-refractivity contribution in [3.05, 3.63) is 0 Å². The summed E-state index contributed by atoms with van der Waals surface area (Å²) in [4.78, 5) is 0. The first-order valence-corrected chi connectivity index (χ1v) is 13.1. The van der Waals surface area contributed by atoms with Crippen molar-refractivity contribution in [1.29, 1.82) is 0 Å². The van der Waals surface area contributed by atoms with Gasteiger partial charge in [0.15, 0.2) is 0 Å². The lowest BCUT2D eigenvalue weighted by molar-refractivity contribution is 0.282. The molecule has 2 N–H and O–H groups in total. The molecule has 0 aromatic rings. The number of rotatable bonds is 21. The van der Waals surface area contributed by atoms with E-state index < -0.39 is 15.4 Å². The van der Waals surface area contributed by atoms with Crippen LogP contribution in [-0.2, 0) is 10.1 Å². The van der Waals surface area contributed by atoms with Gasteiger partial charge in [-0.05, 0) is 19.3 Å². The SMILES string of the molecule is CCCCCCCCCCCCCC(CCCCCCCCO)S(=O)(=O)O. The highest BCUT2D eigenvalue weighted by atomic mass is 32.2. The second-order valence-electron chi connectivity index (χ2n) is 8.09. The van der Waals surface area contributed by atoms with Crippen molar-refractivity contribution in [2.24, 2.45) is 0 Å². The van der Waals surface area contributed by atoms with Crippen LogP contribution in [0.2, 0.25) is 0 Å². The Bertz CT molecular complexity index is 395. The summed E-state index contributed by atoms with van der Waals surface area (Å²) < 4.78 is 32.6. The summed E-state index contributed by atoms with van der Waals surface area (Å²) in [6, 6.07) is 0. The van der Waals surface area contributed by atoms with Crippen LogP contribution in [0.15, 0.2) is 0 Å². The monoisotopic (exact) mass is 406 g/mol. The van der Waals surface area contributed by atoms with Crippen molar-refractivity contribution < 1.29 is 18.1 Å². The number of aliphatic hydroxyl groups excluding tert-OH is 1. The molecule has 0 aliphatic rings. The van der Waals surface area contributed by atoms with Crippen molar-refractivity contribution in [3.8, 4) is 0 Å². The summed E-state index contributed by atoms with van der Waals surface area (Å²) in [7, 11) is -3.91. The maximum Gasteiger partial charge on any atom is 0.267 e. The second-order valence-corrected chi connectivity index (χ2v) is 9.79. The third-order valence-electron chi connectivity index (χ3n) is 5.49. The molecule has 5 heteroatoms. The summed E-state index contributed by atoms with van der Waals surface area (Å²) >= 11 is 0. The fourth-order valence-electron chi connectivity index (χ4n) is 3.67. The molecule has 0 spiro atoms. The van der Waals surface area contributed by atoms with E-state index in [4.69, 9.17) is 5.11 Å². The van der Waals surface area contributed by atoms with Gasteiger partial charge in [-0.15, -0.1) is 0 Å². The zero-order chi connectivity index (χ0) is 20.2. The minimum atomic E-state index is -3.91. The van der Waals surface area contributed by atoms with E-state index in [1.165, 1.54) is 57.8 Å². The Labute approximate surface area is 169 Å². The van der Waals surface area contributed by atoms with E-state index in [9.17, 15) is 13.0 Å². The van der Waals surface area contributed by atoms with Crippen LogP contribution in [0.3, 0.4) is 0 Å². The Balaban J connectivity index is 3.64. The molecular weight excluding hydrogens is 360 g/mol. The standard InChI is InChI=1S/C22H46O4S/c1-2-3-4-5-6-7-8-9-10-13-16-19-22(27(24,25)26)20-17-14-11-12-15-18-21-23/h22-23H,2-21H2,1H3,(H,24,25,26). The van der Waals surface area contributed by atoms with E-state index in [-0.39, 0.29) is 6.61 Å². The average molecular weight is 407 g/mol. The molecule has 1 unspecified atom stereocenters. The van der Waals surface area contributed by atoms with E-state index in [1.54, 1.807) is 0 Å². The number of aliphatic hydroxyl groups is 1. The molecule has 0 heterocycles. The first-order chi connectivity index (χ1) is 13.0. The van der Waals surface area contributed by atoms with E-state index in [0.29, 0.717) is 12.8 Å². The molecule has 164 valence electrons. The van der Waals surface area contributed by atoms with Crippen LogP contribution in [0.5, 0.6) is 0 Å². The Morgan fingerprint density at radius 1 is 0.593 bits per heavy atom. The van der Waals surface area contributed by atoms with Crippen LogP contribution in [0, 0.1) is 0 Å². The zero-order valence-corrected chi connectivity index (χ0v) is 18.7. The molecule has 1 atom stereocenters. The predicted molar refractivity (Wildman–Crippen MR) is 116 cm³/mol. The molecule has 0 radical (unpaired) electrons. The molecule has 0 bridgehead atoms. The highest BCUT2D eigenvalue weighted by Gasteiger charge is 2.21. The Kier molecular flexibility index (Phi) is 19.1. The first-order valence-electron chi connectivity index (χ1n) is 11.6. The van der Waals surface area contributed by atoms with Gasteiger partial charge < -0.3 is 5.11 Å². The summed E-state index contributed by atoms with van der Waals surface area (Å²) in [5, 5.41) is 8.16. The van der Waals surface area contributed by atoms with Crippen LogP contribution >= 0.6 is 0 Å². The first kappa shape index (κ1) is 26.9. The fraction of sp³-hybridized carbons (Fsp3) is 1.00. The minimum absolute atomic E-state index is 0.254. The lowest BCUT2D eigenvalue weighted by Crippen LogP contribution is -2.20. The van der Waals surface area contributed by atoms with Crippen molar-refractivity contribution in [1.82, 2.24) is 0 Å². The largest absolute Gasteiger partial charge is 0.396 e. The molecule has 0 fully saturated rings. The smallest absolute Gasteiger partial charge is 0.267 e. The molecule has 0 aromatic heterocycles. The minimum Gasteiger partial charge on any atom is -0.396 e. The van der Waals surface area contributed by atoms with Gasteiger partial charge in [0.2, 0.25) is 0 Å². The van der Waals surface area contributed by atoms with Crippen LogP contribution in [0.25, 0.3) is 0 Å². The fourth-order valence-corrected chi connectivity index (χ4v) is 4.60. The van der Waals surface area contributed by atoms with Crippen LogP contribution < -0.4 is 0 Å². The summed E-state index contributed by atoms with van der Waals surface area (Å²) in [5.74, 6) is 0. The van der Waals surface area contributed by atoms with Gasteiger partial charge in [-0.3, -0.25) is 4.55 Å². The van der Waals surface area contributed by atoms with Gasteiger partial charge in [-0.2, -0.15) is 8.42 Å². The van der Waals surface area contributed by atoms with Crippen molar-refractivity contribution >= 4 is 10.1 Å². The van der Waals surface area contributed by atoms with Crippen molar-refractivity contribution in [3.63, 3.8) is 0 Å². The molecule has 4 nitrogen and oxygen atoms in total. The quantitative estimate of drug-likeness (QED) is 0.165. The lowest BCUT2D eigenvalue weighted by atomic mass is 10.0. The molecular formula is C22H46O4S. The van der Waals surface area contributed by atoms with Crippen molar-refractivity contribution in [2.45, 2.75) is 134 Å². The third-order valence-corrected chi connectivity index (χ3v) is 6.80. The van der Waals surface area contributed by atoms with Crippen LogP contribution in [0.1, 0.15) is 129 Å². The molecule has 0 saturated carbocycles. The molecule has 0 rings (SSSR count). The predicted octanol–water partition coefficient (Wildman–Crippen LogP) is 6.67. The number of hydrogen-bond acceptors (Lipinski definition) is 3. The maximum atomic E-state index is 11.6. The normalized spacial score (nSPS) is 13.1. The third kappa shape index (κ3) is 19.0. The number of unbranched alkanes of at least 4 members (excludes halogenated alkanes) is 15. The van der Waals surface area contributed by atoms with Gasteiger partial charge in [0, 0.05) is 6.61 Å². The highest BCUT2D eigenvalue weighted by Crippen LogP contribution is 2.19. The van der Waals surface area contributed by atoms with Gasteiger partial charge in [0.25, 0.3) is 10.1 Å². The summed E-state index contributed by atoms with van der Waals surface area (Å²) in [6.45, 7) is 2.50. The molecule has 0 saturated heterocycles. The van der Waals surface area contributed by atoms with E-state index in [2.05, 4.69) is 6.92 Å². The van der Waals surface area contributed by atoms with E-state index >= 15 is 0 Å². The Hall–Kier alpha value is -0.130. The molecule has 27 heavy (non-hydrogen) atoms. The Morgan fingerprint density at radius 3 is 1.26 bits per heavy atom. The molecule has 0 aliphatic heterocycles.